The summed E-state index contributed by atoms with van der Waals surface area (Å²) in [4.78, 5) is 28.8. The number of hydrogen-bond donors (Lipinski definition) is 1. The Kier molecular flexibility index (Phi) is 9.29. The minimum atomic E-state index is -0.630. The van der Waals surface area contributed by atoms with Gasteiger partial charge in [0.05, 0.1) is 6.42 Å². The van der Waals surface area contributed by atoms with Gasteiger partial charge < -0.3 is 10.2 Å². The first-order valence-corrected chi connectivity index (χ1v) is 12.1. The fourth-order valence-corrected chi connectivity index (χ4v) is 3.87. The minimum Gasteiger partial charge on any atom is -0.354 e. The molecule has 0 spiro atoms. The number of nitrogens with one attached hydrogen (secondary N) is 1. The zero-order chi connectivity index (χ0) is 24.5. The number of benzene rings is 3. The van der Waals surface area contributed by atoms with Crippen LogP contribution in [0, 0.1) is 12.8 Å². The van der Waals surface area contributed by atoms with Crippen molar-refractivity contribution in [3.8, 4) is 0 Å². The molecule has 0 saturated carbocycles. The third kappa shape index (κ3) is 7.74. The van der Waals surface area contributed by atoms with Gasteiger partial charge in [0.2, 0.25) is 11.8 Å². The van der Waals surface area contributed by atoms with Gasteiger partial charge in [-0.25, -0.2) is 0 Å². The largest absolute Gasteiger partial charge is 0.354 e. The maximum Gasteiger partial charge on any atom is 0.243 e. The van der Waals surface area contributed by atoms with E-state index in [1.807, 2.05) is 85.8 Å². The van der Waals surface area contributed by atoms with E-state index in [1.165, 1.54) is 0 Å². The van der Waals surface area contributed by atoms with Crippen molar-refractivity contribution >= 4 is 23.4 Å². The van der Waals surface area contributed by atoms with Crippen LogP contribution < -0.4 is 5.32 Å². The molecule has 1 N–H and O–H groups in total. The number of amides is 2. The van der Waals surface area contributed by atoms with Gasteiger partial charge in [-0.1, -0.05) is 97.7 Å². The van der Waals surface area contributed by atoms with E-state index in [1.54, 1.807) is 4.90 Å². The van der Waals surface area contributed by atoms with E-state index >= 15 is 0 Å². The van der Waals surface area contributed by atoms with E-state index in [0.717, 1.165) is 22.3 Å². The average molecular weight is 477 g/mol. The summed E-state index contributed by atoms with van der Waals surface area (Å²) in [6, 6.07) is 24.6. The van der Waals surface area contributed by atoms with Crippen molar-refractivity contribution in [3.63, 3.8) is 0 Å². The highest BCUT2D eigenvalue weighted by Gasteiger charge is 2.30. The van der Waals surface area contributed by atoms with Gasteiger partial charge in [-0.15, -0.1) is 0 Å². The number of rotatable bonds is 10. The van der Waals surface area contributed by atoms with Gasteiger partial charge in [0.15, 0.2) is 0 Å². The van der Waals surface area contributed by atoms with Gasteiger partial charge in [-0.2, -0.15) is 0 Å². The number of carbonyl (C=O) groups excluding carboxylic acids is 2. The molecule has 0 aromatic heterocycles. The summed E-state index contributed by atoms with van der Waals surface area (Å²) in [7, 11) is 0. The van der Waals surface area contributed by atoms with E-state index in [0.29, 0.717) is 30.5 Å². The molecular formula is C29H33ClN2O2. The predicted molar refractivity (Wildman–Crippen MR) is 139 cm³/mol. The van der Waals surface area contributed by atoms with Gasteiger partial charge in [-0.05, 0) is 41.7 Å². The maximum atomic E-state index is 13.7. The predicted octanol–water partition coefficient (Wildman–Crippen LogP) is 5.60. The van der Waals surface area contributed by atoms with Crippen molar-refractivity contribution in [1.82, 2.24) is 10.2 Å². The van der Waals surface area contributed by atoms with Crippen LogP contribution in [0.2, 0.25) is 5.02 Å². The Balaban J connectivity index is 1.93. The summed E-state index contributed by atoms with van der Waals surface area (Å²) in [6.07, 6.45) is 0.675. The monoisotopic (exact) mass is 476 g/mol. The minimum absolute atomic E-state index is 0.0839. The summed E-state index contributed by atoms with van der Waals surface area (Å²) >= 11 is 6.08. The first kappa shape index (κ1) is 25.5. The molecular weight excluding hydrogens is 444 g/mol. The molecule has 0 heterocycles. The molecule has 3 aromatic rings. The van der Waals surface area contributed by atoms with Crippen molar-refractivity contribution < 1.29 is 9.59 Å². The first-order valence-electron chi connectivity index (χ1n) is 11.7. The van der Waals surface area contributed by atoms with Gasteiger partial charge in [-0.3, -0.25) is 9.59 Å². The second-order valence-electron chi connectivity index (χ2n) is 9.16. The van der Waals surface area contributed by atoms with Crippen LogP contribution in [-0.4, -0.2) is 29.3 Å². The third-order valence-corrected chi connectivity index (χ3v) is 5.95. The Morgan fingerprint density at radius 1 is 0.853 bits per heavy atom. The molecule has 0 aliphatic rings. The second-order valence-corrected chi connectivity index (χ2v) is 9.59. The van der Waals surface area contributed by atoms with Crippen LogP contribution in [0.25, 0.3) is 0 Å². The van der Waals surface area contributed by atoms with Gasteiger partial charge in [0, 0.05) is 24.5 Å². The molecule has 5 heteroatoms. The van der Waals surface area contributed by atoms with E-state index < -0.39 is 6.04 Å². The van der Waals surface area contributed by atoms with Crippen LogP contribution in [0.3, 0.4) is 0 Å². The molecule has 3 rings (SSSR count). The lowest BCUT2D eigenvalue weighted by Crippen LogP contribution is -2.51. The molecule has 0 fully saturated rings. The quantitative estimate of drug-likeness (QED) is 0.414. The molecule has 1 atom stereocenters. The highest BCUT2D eigenvalue weighted by Crippen LogP contribution is 2.18. The summed E-state index contributed by atoms with van der Waals surface area (Å²) in [6.45, 7) is 7.02. The fourth-order valence-electron chi connectivity index (χ4n) is 3.75. The van der Waals surface area contributed by atoms with Gasteiger partial charge in [0.25, 0.3) is 0 Å². The molecule has 0 bridgehead atoms. The highest BCUT2D eigenvalue weighted by atomic mass is 35.5. The fraction of sp³-hybridized carbons (Fsp3) is 0.310. The van der Waals surface area contributed by atoms with Crippen LogP contribution >= 0.6 is 11.6 Å². The Hall–Kier alpha value is -3.11. The topological polar surface area (TPSA) is 49.4 Å². The van der Waals surface area contributed by atoms with Crippen LogP contribution in [0.15, 0.2) is 78.9 Å². The number of halogens is 1. The number of carbonyl (C=O) groups is 2. The number of aryl methyl sites for hydroxylation is 1. The van der Waals surface area contributed by atoms with Crippen LogP contribution in [0.4, 0.5) is 0 Å². The van der Waals surface area contributed by atoms with E-state index in [4.69, 9.17) is 11.6 Å². The molecule has 0 unspecified atom stereocenters. The highest BCUT2D eigenvalue weighted by molar-refractivity contribution is 6.30. The molecule has 0 saturated heterocycles. The van der Waals surface area contributed by atoms with Crippen molar-refractivity contribution in [3.05, 3.63) is 106 Å². The zero-order valence-corrected chi connectivity index (χ0v) is 20.9. The normalized spacial score (nSPS) is 11.8. The van der Waals surface area contributed by atoms with Crippen molar-refractivity contribution in [2.75, 3.05) is 6.54 Å². The summed E-state index contributed by atoms with van der Waals surface area (Å²) in [5.41, 5.74) is 4.01. The SMILES string of the molecule is Cc1ccc(CC(=O)N(Cc2ccc(Cl)cc2)[C@@H](Cc2ccccc2)C(=O)NCC(C)C)cc1. The lowest BCUT2D eigenvalue weighted by Gasteiger charge is -2.32. The zero-order valence-electron chi connectivity index (χ0n) is 20.1. The van der Waals surface area contributed by atoms with Crippen molar-refractivity contribution in [1.29, 1.82) is 0 Å². The molecule has 3 aromatic carbocycles. The molecule has 0 radical (unpaired) electrons. The number of hydrogen-bond acceptors (Lipinski definition) is 2. The smallest absolute Gasteiger partial charge is 0.243 e. The van der Waals surface area contributed by atoms with Crippen molar-refractivity contribution in [2.45, 2.75) is 46.2 Å². The van der Waals surface area contributed by atoms with Gasteiger partial charge in [0.1, 0.15) is 6.04 Å². The van der Waals surface area contributed by atoms with Crippen LogP contribution in [0.5, 0.6) is 0 Å². The average Bonchev–Trinajstić information content (AvgIpc) is 2.83. The van der Waals surface area contributed by atoms with Crippen LogP contribution in [0.1, 0.15) is 36.1 Å². The molecule has 0 aliphatic carbocycles. The lowest BCUT2D eigenvalue weighted by atomic mass is 10.0. The van der Waals surface area contributed by atoms with Crippen LogP contribution in [-0.2, 0) is 29.0 Å². The molecule has 34 heavy (non-hydrogen) atoms. The standard InChI is InChI=1S/C29H33ClN2O2/c1-21(2)19-31-29(34)27(17-23-7-5-4-6-8-23)32(20-25-13-15-26(30)16-14-25)28(33)18-24-11-9-22(3)10-12-24/h4-16,21,27H,17-20H2,1-3H3,(H,31,34)/t27-/m0/s1. The second kappa shape index (κ2) is 12.4. The summed E-state index contributed by atoms with van der Waals surface area (Å²) < 4.78 is 0. The Bertz CT molecular complexity index is 1060. The molecule has 2 amide bonds. The number of nitrogens with zero attached hydrogens (tertiary/aromatic N) is 1. The van der Waals surface area contributed by atoms with Gasteiger partial charge >= 0.3 is 0 Å². The Morgan fingerprint density at radius 2 is 1.47 bits per heavy atom. The third-order valence-electron chi connectivity index (χ3n) is 5.70. The summed E-state index contributed by atoms with van der Waals surface area (Å²) in [5, 5.41) is 3.69. The maximum absolute atomic E-state index is 13.7. The molecule has 4 nitrogen and oxygen atoms in total. The lowest BCUT2D eigenvalue weighted by molar-refractivity contribution is -0.140. The van der Waals surface area contributed by atoms with E-state index in [2.05, 4.69) is 19.2 Å². The molecule has 0 aliphatic heterocycles. The first-order chi connectivity index (χ1) is 16.3. The van der Waals surface area contributed by atoms with E-state index in [-0.39, 0.29) is 18.2 Å². The van der Waals surface area contributed by atoms with E-state index in [9.17, 15) is 9.59 Å². The molecule has 178 valence electrons. The Labute approximate surface area is 207 Å². The summed E-state index contributed by atoms with van der Waals surface area (Å²) in [5.74, 6) is 0.0949. The van der Waals surface area contributed by atoms with Crippen molar-refractivity contribution in [2.24, 2.45) is 5.92 Å². The Morgan fingerprint density at radius 3 is 2.09 bits per heavy atom.